The van der Waals surface area contributed by atoms with Crippen molar-refractivity contribution >= 4 is 26.0 Å². The third-order valence-electron chi connectivity index (χ3n) is 2.72. The zero-order valence-corrected chi connectivity index (χ0v) is 9.77. The molecule has 0 aromatic carbocycles. The minimum Gasteiger partial charge on any atom is -0.212 e. The summed E-state index contributed by atoms with van der Waals surface area (Å²) in [6.45, 7) is 0. The molecule has 2 aliphatic carbocycles. The molecule has 2 aliphatic rings. The summed E-state index contributed by atoms with van der Waals surface area (Å²) in [5.74, 6) is 1.25. The van der Waals surface area contributed by atoms with Crippen molar-refractivity contribution in [2.75, 3.05) is 4.66 Å². The fourth-order valence-corrected chi connectivity index (χ4v) is 2.99. The zero-order valence-electron chi connectivity index (χ0n) is 7.37. The average molecular weight is 268 g/mol. The molecule has 0 bridgehead atoms. The van der Waals surface area contributed by atoms with Gasteiger partial charge in [-0.05, 0) is 37.5 Å². The molecule has 0 radical (unpaired) electrons. The number of hydrogen-bond acceptors (Lipinski definition) is 2. The lowest BCUT2D eigenvalue weighted by Gasteiger charge is -2.16. The molecule has 0 saturated heterocycles. The molecule has 0 amide bonds. The monoisotopic (exact) mass is 267 g/mol. The van der Waals surface area contributed by atoms with Crippen LogP contribution in [0, 0.1) is 11.8 Å². The second-order valence-corrected chi connectivity index (χ2v) is 7.10. The summed E-state index contributed by atoms with van der Waals surface area (Å²) in [6, 6.07) is 0.238. The molecule has 2 rings (SSSR count). The smallest absolute Gasteiger partial charge is 0.212 e. The highest BCUT2D eigenvalue weighted by molar-refractivity contribution is 9.10. The van der Waals surface area contributed by atoms with Crippen LogP contribution in [0.15, 0.2) is 0 Å². The van der Waals surface area contributed by atoms with Gasteiger partial charge in [0.25, 0.3) is 0 Å². The second kappa shape index (κ2) is 3.51. The molecular formula is C8H14BrNO2S. The Labute approximate surface area is 87.5 Å². The first-order valence-electron chi connectivity index (χ1n) is 4.68. The Bertz CT molecular complexity index is 271. The lowest BCUT2D eigenvalue weighted by atomic mass is 10.1. The van der Waals surface area contributed by atoms with Crippen molar-refractivity contribution in [3.63, 3.8) is 0 Å². The van der Waals surface area contributed by atoms with Crippen molar-refractivity contribution in [3.05, 3.63) is 0 Å². The van der Waals surface area contributed by atoms with Crippen molar-refractivity contribution in [2.24, 2.45) is 11.8 Å². The van der Waals surface area contributed by atoms with Gasteiger partial charge in [0.05, 0.1) is 0 Å². The first kappa shape index (κ1) is 9.93. The van der Waals surface area contributed by atoms with Crippen LogP contribution in [0.4, 0.5) is 0 Å². The van der Waals surface area contributed by atoms with E-state index in [0.29, 0.717) is 11.8 Å². The van der Waals surface area contributed by atoms with Gasteiger partial charge in [-0.1, -0.05) is 15.9 Å². The molecule has 0 heterocycles. The molecular weight excluding hydrogens is 254 g/mol. The first-order chi connectivity index (χ1) is 6.12. The SMILES string of the molecule is O=S(=O)(CBr)NC(C1CC1)C1CC1. The van der Waals surface area contributed by atoms with Crippen LogP contribution >= 0.6 is 15.9 Å². The first-order valence-corrected chi connectivity index (χ1v) is 7.46. The van der Waals surface area contributed by atoms with E-state index < -0.39 is 10.0 Å². The Morgan fingerprint density at radius 1 is 1.23 bits per heavy atom. The van der Waals surface area contributed by atoms with Crippen LogP contribution in [-0.2, 0) is 10.0 Å². The van der Waals surface area contributed by atoms with E-state index in [9.17, 15) is 8.42 Å². The largest absolute Gasteiger partial charge is 0.221 e. The number of hydrogen-bond donors (Lipinski definition) is 1. The Morgan fingerprint density at radius 2 is 1.69 bits per heavy atom. The van der Waals surface area contributed by atoms with E-state index >= 15 is 0 Å². The maximum Gasteiger partial charge on any atom is 0.221 e. The molecule has 0 atom stereocenters. The predicted molar refractivity (Wildman–Crippen MR) is 55.1 cm³/mol. The normalized spacial score (nSPS) is 23.8. The van der Waals surface area contributed by atoms with E-state index in [0.717, 1.165) is 0 Å². The van der Waals surface area contributed by atoms with Crippen molar-refractivity contribution in [1.29, 1.82) is 0 Å². The van der Waals surface area contributed by atoms with Crippen LogP contribution in [0.3, 0.4) is 0 Å². The van der Waals surface area contributed by atoms with Gasteiger partial charge in [-0.2, -0.15) is 0 Å². The van der Waals surface area contributed by atoms with Crippen LogP contribution in [0.25, 0.3) is 0 Å². The van der Waals surface area contributed by atoms with Gasteiger partial charge >= 0.3 is 0 Å². The standard InChI is InChI=1S/C8H14BrNO2S/c9-5-13(11,12)10-8(6-1-2-6)7-3-4-7/h6-8,10H,1-5H2. The fraction of sp³-hybridized carbons (Fsp3) is 1.00. The molecule has 0 aliphatic heterocycles. The molecule has 0 aromatic heterocycles. The van der Waals surface area contributed by atoms with Gasteiger partial charge in [0.1, 0.15) is 4.66 Å². The third-order valence-corrected chi connectivity index (χ3v) is 5.45. The van der Waals surface area contributed by atoms with Crippen molar-refractivity contribution in [1.82, 2.24) is 4.72 Å². The molecule has 0 unspecified atom stereocenters. The van der Waals surface area contributed by atoms with Crippen LogP contribution in [0.1, 0.15) is 25.7 Å². The van der Waals surface area contributed by atoms with Gasteiger partial charge in [0.15, 0.2) is 0 Å². The van der Waals surface area contributed by atoms with Crippen molar-refractivity contribution in [3.8, 4) is 0 Å². The van der Waals surface area contributed by atoms with Gasteiger partial charge in [0, 0.05) is 6.04 Å². The number of nitrogens with one attached hydrogen (secondary N) is 1. The maximum atomic E-state index is 11.3. The summed E-state index contributed by atoms with van der Waals surface area (Å²) in [5.41, 5.74) is 0. The van der Waals surface area contributed by atoms with E-state index in [2.05, 4.69) is 20.7 Å². The van der Waals surface area contributed by atoms with Gasteiger partial charge in [-0.25, -0.2) is 13.1 Å². The lowest BCUT2D eigenvalue weighted by molar-refractivity contribution is 0.473. The molecule has 0 spiro atoms. The molecule has 2 fully saturated rings. The molecule has 76 valence electrons. The Hall–Kier alpha value is 0.390. The van der Waals surface area contributed by atoms with E-state index in [1.807, 2.05) is 0 Å². The minimum absolute atomic E-state index is 0.0237. The van der Waals surface area contributed by atoms with E-state index in [4.69, 9.17) is 0 Å². The number of sulfonamides is 1. The van der Waals surface area contributed by atoms with E-state index in [1.165, 1.54) is 25.7 Å². The Balaban J connectivity index is 1.96. The number of halogens is 1. The molecule has 3 nitrogen and oxygen atoms in total. The van der Waals surface area contributed by atoms with E-state index in [1.54, 1.807) is 0 Å². The summed E-state index contributed by atoms with van der Waals surface area (Å²) in [4.78, 5) is 0. The van der Waals surface area contributed by atoms with Crippen LogP contribution in [0.2, 0.25) is 0 Å². The van der Waals surface area contributed by atoms with Gasteiger partial charge in [-0.15, -0.1) is 0 Å². The Morgan fingerprint density at radius 3 is 2.00 bits per heavy atom. The summed E-state index contributed by atoms with van der Waals surface area (Å²) in [5, 5.41) is 0. The van der Waals surface area contributed by atoms with Gasteiger partial charge < -0.3 is 0 Å². The van der Waals surface area contributed by atoms with Crippen molar-refractivity contribution in [2.45, 2.75) is 31.7 Å². The number of alkyl halides is 1. The minimum atomic E-state index is -3.06. The fourth-order valence-electron chi connectivity index (χ4n) is 1.73. The van der Waals surface area contributed by atoms with E-state index in [-0.39, 0.29) is 10.7 Å². The lowest BCUT2D eigenvalue weighted by Crippen LogP contribution is -2.38. The highest BCUT2D eigenvalue weighted by atomic mass is 79.9. The second-order valence-electron chi connectivity index (χ2n) is 4.04. The average Bonchev–Trinajstić information content (AvgIpc) is 2.91. The van der Waals surface area contributed by atoms with Gasteiger partial charge in [0.2, 0.25) is 10.0 Å². The summed E-state index contributed by atoms with van der Waals surface area (Å²) < 4.78 is 25.4. The molecule has 0 aromatic rings. The van der Waals surface area contributed by atoms with Crippen LogP contribution < -0.4 is 4.72 Å². The predicted octanol–water partition coefficient (Wildman–Crippen LogP) is 1.45. The summed E-state index contributed by atoms with van der Waals surface area (Å²) >= 11 is 2.99. The van der Waals surface area contributed by atoms with Crippen LogP contribution in [-0.4, -0.2) is 19.1 Å². The Kier molecular flexibility index (Phi) is 2.68. The number of rotatable bonds is 5. The molecule has 1 N–H and O–H groups in total. The maximum absolute atomic E-state index is 11.3. The molecule has 13 heavy (non-hydrogen) atoms. The zero-order chi connectivity index (χ0) is 9.47. The van der Waals surface area contributed by atoms with Gasteiger partial charge in [-0.3, -0.25) is 0 Å². The summed E-state index contributed by atoms with van der Waals surface area (Å²) in [6.07, 6.45) is 4.80. The molecule has 5 heteroatoms. The summed E-state index contributed by atoms with van der Waals surface area (Å²) in [7, 11) is -3.06. The molecule has 2 saturated carbocycles. The highest BCUT2D eigenvalue weighted by Gasteiger charge is 2.42. The highest BCUT2D eigenvalue weighted by Crippen LogP contribution is 2.44. The van der Waals surface area contributed by atoms with Crippen LogP contribution in [0.5, 0.6) is 0 Å². The quantitative estimate of drug-likeness (QED) is 0.767. The van der Waals surface area contributed by atoms with Crippen molar-refractivity contribution < 1.29 is 8.42 Å². The topological polar surface area (TPSA) is 46.2 Å². The third kappa shape index (κ3) is 2.67.